The van der Waals surface area contributed by atoms with E-state index < -0.39 is 5.25 Å². The lowest BCUT2D eigenvalue weighted by Gasteiger charge is -2.21. The van der Waals surface area contributed by atoms with Crippen molar-refractivity contribution in [3.63, 3.8) is 0 Å². The molecule has 0 bridgehead atoms. The van der Waals surface area contributed by atoms with E-state index in [0.717, 1.165) is 16.6 Å². The number of thioether (sulfide) groups is 1. The second-order valence-corrected chi connectivity index (χ2v) is 8.91. The zero-order valence-corrected chi connectivity index (χ0v) is 18.2. The fourth-order valence-electron chi connectivity index (χ4n) is 2.47. The lowest BCUT2D eigenvalue weighted by Crippen LogP contribution is -2.41. The third-order valence-electron chi connectivity index (χ3n) is 3.80. The van der Waals surface area contributed by atoms with Gasteiger partial charge in [0.25, 0.3) is 0 Å². The molecule has 7 nitrogen and oxygen atoms in total. The highest BCUT2D eigenvalue weighted by atomic mass is 35.5. The Hall–Kier alpha value is -2.36. The largest absolute Gasteiger partial charge is 0.494 e. The lowest BCUT2D eigenvalue weighted by molar-refractivity contribution is -0.123. The number of thiophene rings is 1. The summed E-state index contributed by atoms with van der Waals surface area (Å²) < 4.78 is 6.10. The number of benzene rings is 1. The molecule has 0 radical (unpaired) electrons. The molecule has 1 atom stereocenters. The topological polar surface area (TPSA) is 92.1 Å². The molecule has 1 fully saturated rings. The molecule has 29 heavy (non-hydrogen) atoms. The summed E-state index contributed by atoms with van der Waals surface area (Å²) in [6.45, 7) is 4.23. The van der Waals surface area contributed by atoms with Gasteiger partial charge in [-0.3, -0.25) is 9.59 Å². The number of hydrogen-bond donors (Lipinski definition) is 2. The number of rotatable bonds is 6. The molecule has 2 amide bonds. The zero-order valence-electron chi connectivity index (χ0n) is 15.8. The quantitative estimate of drug-likeness (QED) is 0.511. The molecular weight excluding hydrogens is 432 g/mol. The minimum absolute atomic E-state index is 0.0594. The Morgan fingerprint density at radius 2 is 2.21 bits per heavy atom. The van der Waals surface area contributed by atoms with Gasteiger partial charge in [-0.05, 0) is 38.1 Å². The summed E-state index contributed by atoms with van der Waals surface area (Å²) in [5.41, 5.74) is 1.28. The number of amidine groups is 1. The summed E-state index contributed by atoms with van der Waals surface area (Å²) in [5.74, 6) is 0.106. The van der Waals surface area contributed by atoms with Gasteiger partial charge < -0.3 is 15.4 Å². The van der Waals surface area contributed by atoms with Gasteiger partial charge in [0.1, 0.15) is 11.0 Å². The van der Waals surface area contributed by atoms with E-state index in [0.29, 0.717) is 28.1 Å². The number of nitrogens with one attached hydrogen (secondary N) is 2. The number of hydrogen-bond acceptors (Lipinski definition) is 7. The van der Waals surface area contributed by atoms with Gasteiger partial charge in [0.2, 0.25) is 11.8 Å². The first kappa shape index (κ1) is 21.4. The lowest BCUT2D eigenvalue weighted by atomic mass is 10.2. The number of carbonyl (C=O) groups excluding carboxylic acids is 2. The molecule has 1 aromatic heterocycles. The number of anilines is 1. The van der Waals surface area contributed by atoms with Gasteiger partial charge in [0, 0.05) is 18.2 Å². The van der Waals surface area contributed by atoms with Crippen LogP contribution in [0.3, 0.4) is 0 Å². The maximum absolute atomic E-state index is 12.6. The Bertz CT molecular complexity index is 974. The smallest absolute Gasteiger partial charge is 0.238 e. The van der Waals surface area contributed by atoms with Crippen LogP contribution in [0.4, 0.5) is 5.69 Å². The summed E-state index contributed by atoms with van der Waals surface area (Å²) in [6.07, 6.45) is 0.0594. The van der Waals surface area contributed by atoms with Gasteiger partial charge >= 0.3 is 0 Å². The first-order valence-corrected chi connectivity index (χ1v) is 10.9. The SMILES string of the molecule is CCOc1cccc(NC(=O)[C@@H]2CC(=O)N/C(=N/N=C(/C)c3ccc(Cl)s3)S2)c1. The molecule has 0 saturated carbocycles. The van der Waals surface area contributed by atoms with Crippen LogP contribution in [-0.2, 0) is 9.59 Å². The Morgan fingerprint density at radius 1 is 1.38 bits per heavy atom. The van der Waals surface area contributed by atoms with Gasteiger partial charge in [-0.2, -0.15) is 5.10 Å². The van der Waals surface area contributed by atoms with E-state index >= 15 is 0 Å². The Labute approximate surface area is 181 Å². The van der Waals surface area contributed by atoms with Crippen LogP contribution in [-0.4, -0.2) is 34.6 Å². The van der Waals surface area contributed by atoms with Crippen LogP contribution in [0.2, 0.25) is 4.34 Å². The Kier molecular flexibility index (Phi) is 7.29. The highest BCUT2D eigenvalue weighted by Crippen LogP contribution is 2.25. The first-order valence-electron chi connectivity index (χ1n) is 8.82. The molecule has 1 aliphatic heterocycles. The van der Waals surface area contributed by atoms with E-state index in [4.69, 9.17) is 16.3 Å². The van der Waals surface area contributed by atoms with Crippen LogP contribution in [0, 0.1) is 0 Å². The van der Waals surface area contributed by atoms with Crippen molar-refractivity contribution in [1.82, 2.24) is 5.32 Å². The molecule has 1 aromatic carbocycles. The van der Waals surface area contributed by atoms with Crippen LogP contribution < -0.4 is 15.4 Å². The van der Waals surface area contributed by atoms with Crippen LogP contribution >= 0.6 is 34.7 Å². The monoisotopic (exact) mass is 450 g/mol. The second-order valence-electron chi connectivity index (χ2n) is 6.00. The van der Waals surface area contributed by atoms with E-state index in [2.05, 4.69) is 20.8 Å². The molecule has 2 N–H and O–H groups in total. The third kappa shape index (κ3) is 6.06. The minimum Gasteiger partial charge on any atom is -0.494 e. The van der Waals surface area contributed by atoms with Crippen LogP contribution in [0.15, 0.2) is 46.6 Å². The number of carbonyl (C=O) groups is 2. The van der Waals surface area contributed by atoms with E-state index in [9.17, 15) is 9.59 Å². The van der Waals surface area contributed by atoms with Crippen molar-refractivity contribution < 1.29 is 14.3 Å². The van der Waals surface area contributed by atoms with Crippen LogP contribution in [0.25, 0.3) is 0 Å². The number of halogens is 1. The van der Waals surface area contributed by atoms with Gasteiger partial charge in [-0.15, -0.1) is 16.4 Å². The maximum atomic E-state index is 12.6. The van der Waals surface area contributed by atoms with E-state index in [-0.39, 0.29) is 23.4 Å². The normalized spacial score (nSPS) is 18.4. The number of ether oxygens (including phenoxy) is 1. The fourth-order valence-corrected chi connectivity index (χ4v) is 4.38. The zero-order chi connectivity index (χ0) is 20.8. The molecule has 1 aliphatic rings. The van der Waals surface area contributed by atoms with Crippen molar-refractivity contribution in [1.29, 1.82) is 0 Å². The first-order chi connectivity index (χ1) is 13.9. The van der Waals surface area contributed by atoms with Gasteiger partial charge in [-0.1, -0.05) is 29.4 Å². The summed E-state index contributed by atoms with van der Waals surface area (Å²) >= 11 is 8.49. The average molecular weight is 451 g/mol. The molecule has 10 heteroatoms. The van der Waals surface area contributed by atoms with Gasteiger partial charge in [-0.25, -0.2) is 0 Å². The molecule has 1 saturated heterocycles. The average Bonchev–Trinajstić information content (AvgIpc) is 3.13. The molecule has 0 unspecified atom stereocenters. The minimum atomic E-state index is -0.607. The van der Waals surface area contributed by atoms with Crippen molar-refractivity contribution in [3.05, 3.63) is 45.6 Å². The van der Waals surface area contributed by atoms with Crippen LogP contribution in [0.5, 0.6) is 5.75 Å². The number of amides is 2. The van der Waals surface area contributed by atoms with Gasteiger partial charge in [0.15, 0.2) is 5.17 Å². The standard InChI is InChI=1S/C19H19ClN4O3S2/c1-3-27-13-6-4-5-12(9-13)21-18(26)15-10-17(25)22-19(29-15)24-23-11(2)14-7-8-16(20)28-14/h4-9,15H,3,10H2,1-2H3,(H,21,26)(H,22,24,25)/b23-11-/t15-/m0/s1. The number of nitrogens with zero attached hydrogens (tertiary/aromatic N) is 2. The predicted molar refractivity (Wildman–Crippen MR) is 119 cm³/mol. The van der Waals surface area contributed by atoms with Crippen molar-refractivity contribution >= 4 is 63.1 Å². The molecule has 152 valence electrons. The summed E-state index contributed by atoms with van der Waals surface area (Å²) in [4.78, 5) is 25.5. The second kappa shape index (κ2) is 9.91. The van der Waals surface area contributed by atoms with Crippen molar-refractivity contribution in [2.24, 2.45) is 10.2 Å². The van der Waals surface area contributed by atoms with Gasteiger partial charge in [0.05, 0.1) is 21.5 Å². The molecule has 0 aliphatic carbocycles. The summed E-state index contributed by atoms with van der Waals surface area (Å²) in [6, 6.07) is 10.7. The Morgan fingerprint density at radius 3 is 2.93 bits per heavy atom. The third-order valence-corrected chi connectivity index (χ3v) is 6.21. The Balaban J connectivity index is 1.68. The van der Waals surface area contributed by atoms with Crippen LogP contribution in [0.1, 0.15) is 25.1 Å². The summed E-state index contributed by atoms with van der Waals surface area (Å²) in [7, 11) is 0. The van der Waals surface area contributed by atoms with E-state index in [1.54, 1.807) is 31.2 Å². The molecular formula is C19H19ClN4O3S2. The predicted octanol–water partition coefficient (Wildman–Crippen LogP) is 4.14. The van der Waals surface area contributed by atoms with E-state index in [1.807, 2.05) is 19.1 Å². The van der Waals surface area contributed by atoms with Crippen molar-refractivity contribution in [3.8, 4) is 5.75 Å². The maximum Gasteiger partial charge on any atom is 0.238 e. The molecule has 2 heterocycles. The fraction of sp³-hybridized carbons (Fsp3) is 0.263. The highest BCUT2D eigenvalue weighted by Gasteiger charge is 2.30. The molecule has 2 aromatic rings. The molecule has 3 rings (SSSR count). The van der Waals surface area contributed by atoms with Crippen molar-refractivity contribution in [2.45, 2.75) is 25.5 Å². The van der Waals surface area contributed by atoms with Crippen molar-refractivity contribution in [2.75, 3.05) is 11.9 Å². The highest BCUT2D eigenvalue weighted by molar-refractivity contribution is 8.15. The van der Waals surface area contributed by atoms with E-state index in [1.165, 1.54) is 11.3 Å². The summed E-state index contributed by atoms with van der Waals surface area (Å²) in [5, 5.41) is 13.4. The molecule has 0 spiro atoms.